The summed E-state index contributed by atoms with van der Waals surface area (Å²) in [6.07, 6.45) is 5.22. The molecule has 5 N–H and O–H groups in total. The normalized spacial score (nSPS) is 22.9. The molecule has 0 spiro atoms. The van der Waals surface area contributed by atoms with Crippen molar-refractivity contribution in [1.82, 2.24) is 25.1 Å². The molecule has 4 atom stereocenters. The fourth-order valence-electron chi connectivity index (χ4n) is 4.16. The van der Waals surface area contributed by atoms with Gasteiger partial charge in [-0.25, -0.2) is 9.78 Å². The van der Waals surface area contributed by atoms with Gasteiger partial charge in [0.25, 0.3) is 0 Å². The fraction of sp³-hybridized carbons (Fsp3) is 0.632. The third kappa shape index (κ3) is 5.18. The van der Waals surface area contributed by atoms with E-state index in [4.69, 9.17) is 5.73 Å². The van der Waals surface area contributed by atoms with E-state index >= 15 is 0 Å². The number of carboxylic acid groups (broad SMARTS) is 1. The summed E-state index contributed by atoms with van der Waals surface area (Å²) in [4.78, 5) is 59.9. The molecule has 0 aliphatic carbocycles. The van der Waals surface area contributed by atoms with Gasteiger partial charge in [0.05, 0.1) is 12.4 Å². The quantitative estimate of drug-likeness (QED) is 0.308. The van der Waals surface area contributed by atoms with Crippen LogP contribution >= 0.6 is 12.6 Å². The van der Waals surface area contributed by atoms with Crippen LogP contribution in [0.5, 0.6) is 0 Å². The molecular weight excluding hydrogens is 424 g/mol. The van der Waals surface area contributed by atoms with Crippen LogP contribution < -0.4 is 11.1 Å². The van der Waals surface area contributed by atoms with Gasteiger partial charge in [0.15, 0.2) is 0 Å². The minimum absolute atomic E-state index is 0.0499. The molecule has 31 heavy (non-hydrogen) atoms. The number of aliphatic carboxylic acids is 1. The Morgan fingerprint density at radius 1 is 1.23 bits per heavy atom. The Hall–Kier alpha value is -2.60. The van der Waals surface area contributed by atoms with Crippen LogP contribution in [0.25, 0.3) is 0 Å². The molecule has 4 unspecified atom stereocenters. The third-order valence-corrected chi connectivity index (χ3v) is 6.16. The van der Waals surface area contributed by atoms with Crippen molar-refractivity contribution in [3.63, 3.8) is 0 Å². The van der Waals surface area contributed by atoms with Gasteiger partial charge in [0, 0.05) is 37.2 Å². The SMILES string of the molecule is NC(CS)C(=O)N1CCCC1C(=O)N1CCCC1C(=O)NC(Cc1cnc[nH]1)C(=O)O. The number of likely N-dealkylation sites (tertiary alicyclic amines) is 2. The summed E-state index contributed by atoms with van der Waals surface area (Å²) in [6, 6.07) is -3.36. The lowest BCUT2D eigenvalue weighted by Crippen LogP contribution is -2.56. The number of nitrogens with zero attached hydrogens (tertiary/aromatic N) is 3. The average molecular weight is 453 g/mol. The van der Waals surface area contributed by atoms with Crippen LogP contribution in [-0.2, 0) is 25.6 Å². The molecule has 2 saturated heterocycles. The second-order valence-corrected chi connectivity index (χ2v) is 8.21. The maximum atomic E-state index is 13.2. The smallest absolute Gasteiger partial charge is 0.326 e. The van der Waals surface area contributed by atoms with E-state index in [1.807, 2.05) is 0 Å². The molecule has 3 heterocycles. The van der Waals surface area contributed by atoms with Gasteiger partial charge in [0.1, 0.15) is 18.1 Å². The van der Waals surface area contributed by atoms with Gasteiger partial charge < -0.3 is 30.9 Å². The minimum Gasteiger partial charge on any atom is -0.480 e. The second-order valence-electron chi connectivity index (χ2n) is 7.85. The van der Waals surface area contributed by atoms with Crippen LogP contribution in [0.3, 0.4) is 0 Å². The molecule has 170 valence electrons. The molecule has 3 amide bonds. The van der Waals surface area contributed by atoms with Crippen LogP contribution in [0.2, 0.25) is 0 Å². The van der Waals surface area contributed by atoms with Gasteiger partial charge in [0.2, 0.25) is 17.7 Å². The molecule has 2 aliphatic heterocycles. The molecular formula is C19H28N6O5S. The molecule has 2 aliphatic rings. The maximum Gasteiger partial charge on any atom is 0.326 e. The first kappa shape index (κ1) is 23.1. The topological polar surface area (TPSA) is 162 Å². The number of nitrogens with two attached hydrogens (primary N) is 1. The van der Waals surface area contributed by atoms with E-state index in [-0.39, 0.29) is 24.0 Å². The Kier molecular flexibility index (Phi) is 7.55. The molecule has 0 aromatic carbocycles. The van der Waals surface area contributed by atoms with Crippen LogP contribution in [0, 0.1) is 0 Å². The fourth-order valence-corrected chi connectivity index (χ4v) is 4.31. The van der Waals surface area contributed by atoms with Crippen LogP contribution in [-0.4, -0.2) is 91.6 Å². The monoisotopic (exact) mass is 452 g/mol. The van der Waals surface area contributed by atoms with Gasteiger partial charge in [-0.05, 0) is 25.7 Å². The highest BCUT2D eigenvalue weighted by atomic mass is 32.1. The lowest BCUT2D eigenvalue weighted by atomic mass is 10.1. The zero-order chi connectivity index (χ0) is 22.5. The predicted octanol–water partition coefficient (Wildman–Crippen LogP) is -1.24. The standard InChI is InChI=1S/C19H28N6O5S/c20-12(9-31)17(27)25-6-2-4-15(25)18(28)24-5-1-3-14(24)16(26)23-13(19(29)30)7-11-8-21-10-22-11/h8,10,12-15,31H,1-7,9,20H2,(H,21,22)(H,23,26)(H,29,30). The number of hydrogen-bond donors (Lipinski definition) is 5. The van der Waals surface area contributed by atoms with Crippen molar-refractivity contribution >= 4 is 36.3 Å². The largest absolute Gasteiger partial charge is 0.480 e. The molecule has 0 bridgehead atoms. The van der Waals surface area contributed by atoms with Crippen LogP contribution in [0.4, 0.5) is 0 Å². The highest BCUT2D eigenvalue weighted by Crippen LogP contribution is 2.25. The first-order valence-corrected chi connectivity index (χ1v) is 10.9. The van der Waals surface area contributed by atoms with E-state index in [0.717, 1.165) is 0 Å². The van der Waals surface area contributed by atoms with E-state index in [1.54, 1.807) is 0 Å². The van der Waals surface area contributed by atoms with E-state index < -0.39 is 36.0 Å². The molecule has 0 saturated carbocycles. The summed E-state index contributed by atoms with van der Waals surface area (Å²) in [6.45, 7) is 0.819. The molecule has 11 nitrogen and oxygen atoms in total. The zero-order valence-corrected chi connectivity index (χ0v) is 18.0. The second kappa shape index (κ2) is 10.1. The van der Waals surface area contributed by atoms with Gasteiger partial charge >= 0.3 is 5.97 Å². The average Bonchev–Trinajstić information content (AvgIpc) is 3.52. The summed E-state index contributed by atoms with van der Waals surface area (Å²) in [5.41, 5.74) is 6.38. The number of hydrogen-bond acceptors (Lipinski definition) is 7. The third-order valence-electron chi connectivity index (χ3n) is 5.77. The summed E-state index contributed by atoms with van der Waals surface area (Å²) >= 11 is 4.06. The first-order chi connectivity index (χ1) is 14.8. The number of rotatable bonds is 8. The van der Waals surface area contributed by atoms with E-state index in [2.05, 4.69) is 27.9 Å². The van der Waals surface area contributed by atoms with Crippen molar-refractivity contribution in [3.8, 4) is 0 Å². The molecule has 2 fully saturated rings. The van der Waals surface area contributed by atoms with Crippen molar-refractivity contribution < 1.29 is 24.3 Å². The highest BCUT2D eigenvalue weighted by Gasteiger charge is 2.43. The number of aromatic amines is 1. The molecule has 1 aromatic rings. The van der Waals surface area contributed by atoms with E-state index in [0.29, 0.717) is 44.5 Å². The van der Waals surface area contributed by atoms with Gasteiger partial charge in [-0.1, -0.05) is 0 Å². The summed E-state index contributed by atoms with van der Waals surface area (Å²) in [5.74, 6) is -2.13. The lowest BCUT2D eigenvalue weighted by Gasteiger charge is -2.32. The van der Waals surface area contributed by atoms with Crippen molar-refractivity contribution in [2.45, 2.75) is 56.3 Å². The minimum atomic E-state index is -1.17. The highest BCUT2D eigenvalue weighted by molar-refractivity contribution is 7.80. The number of carbonyl (C=O) groups is 4. The number of imidazole rings is 1. The molecule has 1 aromatic heterocycles. The Morgan fingerprint density at radius 2 is 1.90 bits per heavy atom. The van der Waals surface area contributed by atoms with E-state index in [9.17, 15) is 24.3 Å². The number of carboxylic acids is 1. The van der Waals surface area contributed by atoms with Crippen molar-refractivity contribution in [2.75, 3.05) is 18.8 Å². The number of carbonyl (C=O) groups excluding carboxylic acids is 3. The number of H-pyrrole nitrogens is 1. The van der Waals surface area contributed by atoms with Crippen molar-refractivity contribution in [1.29, 1.82) is 0 Å². The molecule has 3 rings (SSSR count). The molecule has 0 radical (unpaired) electrons. The summed E-state index contributed by atoms with van der Waals surface area (Å²) in [7, 11) is 0. The molecule has 12 heteroatoms. The van der Waals surface area contributed by atoms with Crippen LogP contribution in [0.1, 0.15) is 31.4 Å². The zero-order valence-electron chi connectivity index (χ0n) is 17.1. The Morgan fingerprint density at radius 3 is 2.52 bits per heavy atom. The van der Waals surface area contributed by atoms with Gasteiger partial charge in [-0.3, -0.25) is 14.4 Å². The van der Waals surface area contributed by atoms with Crippen molar-refractivity contribution in [2.24, 2.45) is 5.73 Å². The lowest BCUT2D eigenvalue weighted by molar-refractivity contribution is -0.148. The summed E-state index contributed by atoms with van der Waals surface area (Å²) in [5, 5.41) is 12.0. The Balaban J connectivity index is 1.67. The number of thiol groups is 1. The first-order valence-electron chi connectivity index (χ1n) is 10.3. The van der Waals surface area contributed by atoms with Gasteiger partial charge in [-0.15, -0.1) is 0 Å². The number of aromatic nitrogens is 2. The number of nitrogens with one attached hydrogen (secondary N) is 2. The number of amides is 3. The predicted molar refractivity (Wildman–Crippen MR) is 113 cm³/mol. The Labute approximate surface area is 185 Å². The van der Waals surface area contributed by atoms with Crippen LogP contribution in [0.15, 0.2) is 12.5 Å². The van der Waals surface area contributed by atoms with Crippen molar-refractivity contribution in [3.05, 3.63) is 18.2 Å². The van der Waals surface area contributed by atoms with Gasteiger partial charge in [-0.2, -0.15) is 12.6 Å². The Bertz CT molecular complexity index is 819. The summed E-state index contributed by atoms with van der Waals surface area (Å²) < 4.78 is 0. The van der Waals surface area contributed by atoms with E-state index in [1.165, 1.54) is 22.3 Å². The maximum absolute atomic E-state index is 13.2.